The molecule has 5 nitrogen and oxygen atoms in total. The van der Waals surface area contributed by atoms with Crippen LogP contribution in [0.25, 0.3) is 11.4 Å². The van der Waals surface area contributed by atoms with Crippen LogP contribution in [-0.4, -0.2) is 21.0 Å². The first-order valence-electron chi connectivity index (χ1n) is 7.86. The molecule has 1 aliphatic rings. The average molecular weight is 338 g/mol. The van der Waals surface area contributed by atoms with E-state index in [9.17, 15) is 0 Å². The summed E-state index contributed by atoms with van der Waals surface area (Å²) in [6.45, 7) is 0. The molecule has 0 saturated heterocycles. The molecule has 0 aliphatic heterocycles. The molecule has 1 saturated carbocycles. The standard InChI is InChI=1S/C18H16ClN5/c19-13-5-1-2-6-14(13)22-17-11-16(15-7-3-4-10-20-15)23-18(24-17)21-12-8-9-12/h1-7,10-12H,8-9H2,(H2,21,22,23,24). The van der Waals surface area contributed by atoms with E-state index in [4.69, 9.17) is 11.6 Å². The fourth-order valence-electron chi connectivity index (χ4n) is 2.33. The van der Waals surface area contributed by atoms with Crippen LogP contribution in [0.3, 0.4) is 0 Å². The molecule has 0 unspecified atom stereocenters. The molecule has 0 radical (unpaired) electrons. The van der Waals surface area contributed by atoms with E-state index in [1.54, 1.807) is 6.20 Å². The van der Waals surface area contributed by atoms with Gasteiger partial charge < -0.3 is 10.6 Å². The molecule has 2 heterocycles. The van der Waals surface area contributed by atoms with Crippen molar-refractivity contribution in [3.05, 3.63) is 59.8 Å². The lowest BCUT2D eigenvalue weighted by Crippen LogP contribution is -2.08. The average Bonchev–Trinajstić information content (AvgIpc) is 3.42. The van der Waals surface area contributed by atoms with Crippen LogP contribution < -0.4 is 10.6 Å². The Kier molecular flexibility index (Phi) is 4.01. The van der Waals surface area contributed by atoms with Crippen LogP contribution in [0.15, 0.2) is 54.7 Å². The van der Waals surface area contributed by atoms with Crippen LogP contribution in [-0.2, 0) is 0 Å². The van der Waals surface area contributed by atoms with Gasteiger partial charge >= 0.3 is 0 Å². The summed E-state index contributed by atoms with van der Waals surface area (Å²) < 4.78 is 0. The third-order valence-corrected chi connectivity index (χ3v) is 4.03. The number of nitrogens with zero attached hydrogens (tertiary/aromatic N) is 3. The van der Waals surface area contributed by atoms with Crippen molar-refractivity contribution < 1.29 is 0 Å². The molecule has 24 heavy (non-hydrogen) atoms. The molecular formula is C18H16ClN5. The van der Waals surface area contributed by atoms with Crippen LogP contribution in [0, 0.1) is 0 Å². The van der Waals surface area contributed by atoms with Gasteiger partial charge in [0.05, 0.1) is 22.1 Å². The molecule has 0 atom stereocenters. The van der Waals surface area contributed by atoms with Crippen molar-refractivity contribution in [1.29, 1.82) is 0 Å². The summed E-state index contributed by atoms with van der Waals surface area (Å²) in [7, 11) is 0. The maximum Gasteiger partial charge on any atom is 0.225 e. The van der Waals surface area contributed by atoms with Crippen molar-refractivity contribution in [3.63, 3.8) is 0 Å². The molecular weight excluding hydrogens is 322 g/mol. The number of hydrogen-bond donors (Lipinski definition) is 2. The predicted molar refractivity (Wildman–Crippen MR) is 96.6 cm³/mol. The minimum Gasteiger partial charge on any atom is -0.351 e. The molecule has 6 heteroatoms. The maximum absolute atomic E-state index is 6.23. The highest BCUT2D eigenvalue weighted by Crippen LogP contribution is 2.28. The fourth-order valence-corrected chi connectivity index (χ4v) is 2.52. The highest BCUT2D eigenvalue weighted by atomic mass is 35.5. The van der Waals surface area contributed by atoms with E-state index in [0.717, 1.165) is 29.9 Å². The summed E-state index contributed by atoms with van der Waals surface area (Å²) in [6.07, 6.45) is 4.07. The molecule has 0 amide bonds. The van der Waals surface area contributed by atoms with E-state index >= 15 is 0 Å². The van der Waals surface area contributed by atoms with E-state index in [1.807, 2.05) is 48.5 Å². The topological polar surface area (TPSA) is 62.7 Å². The molecule has 0 bridgehead atoms. The number of aromatic nitrogens is 3. The minimum absolute atomic E-state index is 0.470. The second-order valence-corrected chi connectivity index (χ2v) is 6.11. The SMILES string of the molecule is Clc1ccccc1Nc1cc(-c2ccccn2)nc(NC2CC2)n1. The molecule has 1 fully saturated rings. The Labute approximate surface area is 145 Å². The van der Waals surface area contributed by atoms with Gasteiger partial charge in [-0.3, -0.25) is 4.98 Å². The summed E-state index contributed by atoms with van der Waals surface area (Å²) in [4.78, 5) is 13.5. The summed E-state index contributed by atoms with van der Waals surface area (Å²) in [6, 6.07) is 15.7. The van der Waals surface area contributed by atoms with Crippen LogP contribution in [0.4, 0.5) is 17.5 Å². The van der Waals surface area contributed by atoms with Gasteiger partial charge in [-0.05, 0) is 37.1 Å². The van der Waals surface area contributed by atoms with Gasteiger partial charge in [0, 0.05) is 18.3 Å². The first-order valence-corrected chi connectivity index (χ1v) is 8.24. The van der Waals surface area contributed by atoms with Crippen molar-refractivity contribution in [1.82, 2.24) is 15.0 Å². The van der Waals surface area contributed by atoms with Crippen LogP contribution in [0.1, 0.15) is 12.8 Å². The fraction of sp³-hybridized carbons (Fsp3) is 0.167. The third kappa shape index (κ3) is 3.46. The Hall–Kier alpha value is -2.66. The van der Waals surface area contributed by atoms with Gasteiger partial charge in [0.1, 0.15) is 5.82 Å². The van der Waals surface area contributed by atoms with Crippen molar-refractivity contribution in [2.24, 2.45) is 0 Å². The molecule has 120 valence electrons. The molecule has 1 aliphatic carbocycles. The number of benzene rings is 1. The molecule has 2 N–H and O–H groups in total. The van der Waals surface area contributed by atoms with Crippen molar-refractivity contribution in [2.75, 3.05) is 10.6 Å². The summed E-state index contributed by atoms with van der Waals surface area (Å²) in [5, 5.41) is 7.25. The van der Waals surface area contributed by atoms with Gasteiger partial charge in [0.2, 0.25) is 5.95 Å². The summed E-state index contributed by atoms with van der Waals surface area (Å²) in [5.41, 5.74) is 2.38. The Morgan fingerprint density at radius 2 is 1.79 bits per heavy atom. The van der Waals surface area contributed by atoms with Gasteiger partial charge in [-0.2, -0.15) is 4.98 Å². The molecule has 0 spiro atoms. The number of rotatable bonds is 5. The highest BCUT2D eigenvalue weighted by molar-refractivity contribution is 6.33. The zero-order valence-electron chi connectivity index (χ0n) is 12.9. The number of halogens is 1. The number of pyridine rings is 1. The number of nitrogens with one attached hydrogen (secondary N) is 2. The first kappa shape index (κ1) is 14.9. The largest absolute Gasteiger partial charge is 0.351 e. The van der Waals surface area contributed by atoms with E-state index < -0.39 is 0 Å². The molecule has 2 aromatic heterocycles. The van der Waals surface area contributed by atoms with Gasteiger partial charge in [-0.25, -0.2) is 4.98 Å². The third-order valence-electron chi connectivity index (χ3n) is 3.70. The van der Waals surface area contributed by atoms with Gasteiger partial charge in [0.15, 0.2) is 0 Å². The maximum atomic E-state index is 6.23. The first-order chi connectivity index (χ1) is 11.8. The Bertz CT molecular complexity index is 849. The Morgan fingerprint density at radius 1 is 0.958 bits per heavy atom. The number of hydrogen-bond acceptors (Lipinski definition) is 5. The summed E-state index contributed by atoms with van der Waals surface area (Å²) >= 11 is 6.23. The monoisotopic (exact) mass is 337 g/mol. The normalized spacial score (nSPS) is 13.5. The smallest absolute Gasteiger partial charge is 0.225 e. The number of para-hydroxylation sites is 1. The zero-order valence-corrected chi connectivity index (χ0v) is 13.7. The zero-order chi connectivity index (χ0) is 16.4. The van der Waals surface area contributed by atoms with Crippen LogP contribution >= 0.6 is 11.6 Å². The Balaban J connectivity index is 1.71. The van der Waals surface area contributed by atoms with Crippen molar-refractivity contribution >= 4 is 29.1 Å². The van der Waals surface area contributed by atoms with E-state index in [2.05, 4.69) is 25.6 Å². The van der Waals surface area contributed by atoms with E-state index in [0.29, 0.717) is 22.8 Å². The predicted octanol–water partition coefficient (Wildman–Crippen LogP) is 4.51. The number of anilines is 3. The molecule has 1 aromatic carbocycles. The quantitative estimate of drug-likeness (QED) is 0.717. The minimum atomic E-state index is 0.470. The van der Waals surface area contributed by atoms with Gasteiger partial charge in [0.25, 0.3) is 0 Å². The van der Waals surface area contributed by atoms with Crippen molar-refractivity contribution in [3.8, 4) is 11.4 Å². The lowest BCUT2D eigenvalue weighted by atomic mass is 10.2. The lowest BCUT2D eigenvalue weighted by Gasteiger charge is -2.11. The van der Waals surface area contributed by atoms with Crippen molar-refractivity contribution in [2.45, 2.75) is 18.9 Å². The molecule has 4 rings (SSSR count). The highest BCUT2D eigenvalue weighted by Gasteiger charge is 2.22. The summed E-state index contributed by atoms with van der Waals surface area (Å²) in [5.74, 6) is 1.29. The molecule has 3 aromatic rings. The van der Waals surface area contributed by atoms with Gasteiger partial charge in [-0.1, -0.05) is 29.8 Å². The van der Waals surface area contributed by atoms with E-state index in [1.165, 1.54) is 0 Å². The Morgan fingerprint density at radius 3 is 2.54 bits per heavy atom. The van der Waals surface area contributed by atoms with Crippen LogP contribution in [0.2, 0.25) is 5.02 Å². The van der Waals surface area contributed by atoms with E-state index in [-0.39, 0.29) is 0 Å². The lowest BCUT2D eigenvalue weighted by molar-refractivity contribution is 1.05. The second kappa shape index (κ2) is 6.45. The van der Waals surface area contributed by atoms with Crippen LogP contribution in [0.5, 0.6) is 0 Å². The second-order valence-electron chi connectivity index (χ2n) is 5.70. The van der Waals surface area contributed by atoms with Gasteiger partial charge in [-0.15, -0.1) is 0 Å².